The fraction of sp³-hybridized carbons (Fsp3) is 0.361. The summed E-state index contributed by atoms with van der Waals surface area (Å²) in [5, 5.41) is 8.87. The van der Waals surface area contributed by atoms with E-state index < -0.39 is 17.7 Å². The summed E-state index contributed by atoms with van der Waals surface area (Å²) in [5.41, 5.74) is 6.29. The van der Waals surface area contributed by atoms with Gasteiger partial charge in [0.05, 0.1) is 30.7 Å². The SMILES string of the molecule is Cc1cc(CN(Cc2cc(C)c(C)cc2-c2cc(C)ccc2OC(C)C)c2ncc(OCCCC(=O)O)cn2)cc(C(F)(F)F)c1. The van der Waals surface area contributed by atoms with E-state index in [2.05, 4.69) is 28.2 Å². The zero-order valence-corrected chi connectivity index (χ0v) is 27.0. The van der Waals surface area contributed by atoms with Crippen molar-refractivity contribution >= 4 is 11.9 Å². The summed E-state index contributed by atoms with van der Waals surface area (Å²) in [5.74, 6) is 0.506. The molecule has 0 unspecified atom stereocenters. The molecule has 0 saturated heterocycles. The molecule has 0 atom stereocenters. The van der Waals surface area contributed by atoms with Crippen molar-refractivity contribution in [3.05, 3.63) is 99.9 Å². The Morgan fingerprint density at radius 2 is 1.59 bits per heavy atom. The predicted octanol–water partition coefficient (Wildman–Crippen LogP) is 8.63. The molecule has 10 heteroatoms. The van der Waals surface area contributed by atoms with Gasteiger partial charge in [-0.15, -0.1) is 0 Å². The number of benzene rings is 3. The number of ether oxygens (including phenoxy) is 2. The Labute approximate surface area is 268 Å². The highest BCUT2D eigenvalue weighted by Gasteiger charge is 2.31. The van der Waals surface area contributed by atoms with E-state index in [1.165, 1.54) is 12.4 Å². The number of hydrogen-bond acceptors (Lipinski definition) is 6. The van der Waals surface area contributed by atoms with Crippen molar-refractivity contribution in [3.8, 4) is 22.6 Å². The Bertz CT molecular complexity index is 1670. The Morgan fingerprint density at radius 3 is 2.24 bits per heavy atom. The van der Waals surface area contributed by atoms with Crippen molar-refractivity contribution in [3.63, 3.8) is 0 Å². The van der Waals surface area contributed by atoms with Crippen LogP contribution in [0.3, 0.4) is 0 Å². The molecule has 3 aromatic carbocycles. The monoisotopic (exact) mass is 635 g/mol. The molecule has 0 amide bonds. The van der Waals surface area contributed by atoms with Crippen molar-refractivity contribution in [1.82, 2.24) is 9.97 Å². The van der Waals surface area contributed by atoms with Gasteiger partial charge in [0.25, 0.3) is 0 Å². The fourth-order valence-corrected chi connectivity index (χ4v) is 5.17. The normalized spacial score (nSPS) is 11.5. The second kappa shape index (κ2) is 14.7. The molecule has 7 nitrogen and oxygen atoms in total. The molecule has 244 valence electrons. The van der Waals surface area contributed by atoms with Gasteiger partial charge in [0, 0.05) is 25.1 Å². The van der Waals surface area contributed by atoms with E-state index in [-0.39, 0.29) is 25.7 Å². The van der Waals surface area contributed by atoms with Crippen LogP contribution in [-0.2, 0) is 24.1 Å². The van der Waals surface area contributed by atoms with Gasteiger partial charge in [-0.25, -0.2) is 9.97 Å². The molecule has 0 fully saturated rings. The first-order valence-corrected chi connectivity index (χ1v) is 15.2. The average Bonchev–Trinajstić information content (AvgIpc) is 2.97. The number of aryl methyl sites for hydroxylation is 4. The van der Waals surface area contributed by atoms with Crippen LogP contribution < -0.4 is 14.4 Å². The minimum absolute atomic E-state index is 0.0215. The van der Waals surface area contributed by atoms with Crippen LogP contribution in [0.15, 0.2) is 60.9 Å². The summed E-state index contributed by atoms with van der Waals surface area (Å²) >= 11 is 0. The van der Waals surface area contributed by atoms with Crippen molar-refractivity contribution < 1.29 is 32.5 Å². The molecule has 0 aliphatic rings. The summed E-state index contributed by atoms with van der Waals surface area (Å²) in [6, 6.07) is 14.3. The first-order valence-electron chi connectivity index (χ1n) is 15.2. The lowest BCUT2D eigenvalue weighted by molar-refractivity contribution is -0.138. The Kier molecular flexibility index (Phi) is 10.9. The topological polar surface area (TPSA) is 84.8 Å². The maximum absolute atomic E-state index is 13.8. The minimum Gasteiger partial charge on any atom is -0.490 e. The van der Waals surface area contributed by atoms with Crippen LogP contribution in [0.25, 0.3) is 11.1 Å². The van der Waals surface area contributed by atoms with E-state index in [9.17, 15) is 18.0 Å². The third-order valence-electron chi connectivity index (χ3n) is 7.41. The lowest BCUT2D eigenvalue weighted by Gasteiger charge is -2.26. The van der Waals surface area contributed by atoms with Gasteiger partial charge in [0.1, 0.15) is 5.75 Å². The quantitative estimate of drug-likeness (QED) is 0.147. The van der Waals surface area contributed by atoms with E-state index in [4.69, 9.17) is 14.6 Å². The van der Waals surface area contributed by atoms with Gasteiger partial charge in [0.15, 0.2) is 5.75 Å². The van der Waals surface area contributed by atoms with Gasteiger partial charge in [-0.1, -0.05) is 35.4 Å². The largest absolute Gasteiger partial charge is 0.490 e. The smallest absolute Gasteiger partial charge is 0.416 e. The van der Waals surface area contributed by atoms with Crippen molar-refractivity contribution in [1.29, 1.82) is 0 Å². The van der Waals surface area contributed by atoms with E-state index in [0.717, 1.165) is 51.3 Å². The van der Waals surface area contributed by atoms with Crippen LogP contribution in [0.2, 0.25) is 0 Å². The number of carboxylic acid groups (broad SMARTS) is 1. The first-order chi connectivity index (χ1) is 21.7. The number of carboxylic acids is 1. The van der Waals surface area contributed by atoms with Gasteiger partial charge >= 0.3 is 12.1 Å². The Morgan fingerprint density at radius 1 is 0.891 bits per heavy atom. The number of halogens is 3. The lowest BCUT2D eigenvalue weighted by Crippen LogP contribution is -2.25. The molecule has 0 aliphatic carbocycles. The van der Waals surface area contributed by atoms with Crippen LogP contribution in [0.4, 0.5) is 19.1 Å². The molecule has 0 bridgehead atoms. The van der Waals surface area contributed by atoms with E-state index in [1.54, 1.807) is 13.0 Å². The first kappa shape index (κ1) is 34.3. The zero-order chi connectivity index (χ0) is 33.6. The van der Waals surface area contributed by atoms with Gasteiger partial charge in [-0.2, -0.15) is 13.2 Å². The fourth-order valence-electron chi connectivity index (χ4n) is 5.17. The molecule has 1 aromatic heterocycles. The molecular weight excluding hydrogens is 595 g/mol. The van der Waals surface area contributed by atoms with Crippen molar-refractivity contribution in [2.45, 2.75) is 79.8 Å². The second-order valence-corrected chi connectivity index (χ2v) is 11.9. The number of hydrogen-bond donors (Lipinski definition) is 1. The Balaban J connectivity index is 1.77. The molecule has 0 saturated carbocycles. The molecule has 4 aromatic rings. The molecule has 0 aliphatic heterocycles. The summed E-state index contributed by atoms with van der Waals surface area (Å²) < 4.78 is 53.1. The van der Waals surface area contributed by atoms with Crippen LogP contribution in [0.1, 0.15) is 65.6 Å². The van der Waals surface area contributed by atoms with Gasteiger partial charge in [-0.05, 0) is 100 Å². The number of aliphatic carboxylic acids is 1. The Hall–Kier alpha value is -4.60. The molecular formula is C36H40F3N3O4. The number of nitrogens with zero attached hydrogens (tertiary/aromatic N) is 3. The maximum Gasteiger partial charge on any atom is 0.416 e. The van der Waals surface area contributed by atoms with Crippen molar-refractivity contribution in [2.24, 2.45) is 0 Å². The highest BCUT2D eigenvalue weighted by molar-refractivity contribution is 5.75. The zero-order valence-electron chi connectivity index (χ0n) is 27.0. The third-order valence-corrected chi connectivity index (χ3v) is 7.41. The summed E-state index contributed by atoms with van der Waals surface area (Å²) in [6.07, 6.45) is -1.24. The van der Waals surface area contributed by atoms with Crippen molar-refractivity contribution in [2.75, 3.05) is 11.5 Å². The molecule has 0 spiro atoms. The summed E-state index contributed by atoms with van der Waals surface area (Å²) in [4.78, 5) is 21.7. The lowest BCUT2D eigenvalue weighted by atomic mass is 9.92. The van der Waals surface area contributed by atoms with Crippen LogP contribution in [0, 0.1) is 27.7 Å². The highest BCUT2D eigenvalue weighted by Crippen LogP contribution is 2.37. The number of anilines is 1. The second-order valence-electron chi connectivity index (χ2n) is 11.9. The number of aromatic nitrogens is 2. The van der Waals surface area contributed by atoms with Crippen LogP contribution >= 0.6 is 0 Å². The predicted molar refractivity (Wildman–Crippen MR) is 172 cm³/mol. The molecule has 0 radical (unpaired) electrons. The molecule has 4 rings (SSSR count). The minimum atomic E-state index is -4.49. The van der Waals surface area contributed by atoms with E-state index >= 15 is 0 Å². The average molecular weight is 636 g/mol. The standard InChI is InChI=1S/C36H40F3N3O4/c1-22(2)46-33-10-9-23(3)14-32(33)31-16-26(6)25(5)15-28(31)21-42(20-27-12-24(4)13-29(17-27)36(37,38)39)35-40-18-30(19-41-35)45-11-7-8-34(43)44/h9-10,12-19,22H,7-8,11,20-21H2,1-6H3,(H,43,44). The molecule has 46 heavy (non-hydrogen) atoms. The van der Waals surface area contributed by atoms with E-state index in [1.807, 2.05) is 51.7 Å². The number of carbonyl (C=O) groups is 1. The summed E-state index contributed by atoms with van der Waals surface area (Å²) in [7, 11) is 0. The van der Waals surface area contributed by atoms with Gasteiger partial charge in [0.2, 0.25) is 5.95 Å². The van der Waals surface area contributed by atoms with Gasteiger partial charge < -0.3 is 19.5 Å². The van der Waals surface area contributed by atoms with Gasteiger partial charge in [-0.3, -0.25) is 4.79 Å². The highest BCUT2D eigenvalue weighted by atomic mass is 19.4. The molecule has 1 heterocycles. The van der Waals surface area contributed by atoms with Crippen LogP contribution in [0.5, 0.6) is 11.5 Å². The summed E-state index contributed by atoms with van der Waals surface area (Å²) in [6.45, 7) is 12.3. The number of rotatable bonds is 13. The molecule has 1 N–H and O–H groups in total. The van der Waals surface area contributed by atoms with Crippen LogP contribution in [-0.4, -0.2) is 33.8 Å². The third kappa shape index (κ3) is 9.22. The van der Waals surface area contributed by atoms with E-state index in [0.29, 0.717) is 35.8 Å². The maximum atomic E-state index is 13.8. The number of alkyl halides is 3.